The van der Waals surface area contributed by atoms with Crippen LogP contribution in [-0.2, 0) is 11.8 Å². The van der Waals surface area contributed by atoms with Crippen LogP contribution in [0, 0.1) is 6.92 Å². The molecule has 1 spiro atoms. The van der Waals surface area contributed by atoms with Crippen LogP contribution in [-0.4, -0.2) is 50.4 Å². The van der Waals surface area contributed by atoms with Crippen molar-refractivity contribution in [3.05, 3.63) is 47.3 Å². The third-order valence-corrected chi connectivity index (χ3v) is 5.79. The number of ether oxygens (including phenoxy) is 1. The number of aliphatic carboxylic acids is 1. The van der Waals surface area contributed by atoms with Crippen LogP contribution in [0.25, 0.3) is 0 Å². The number of carbonyl (C=O) groups excluding carboxylic acids is 1. The Morgan fingerprint density at radius 2 is 1.96 bits per heavy atom. The lowest BCUT2D eigenvalue weighted by atomic mass is 9.77. The molecule has 4 rings (SSSR count). The number of carboxylic acids is 1. The van der Waals surface area contributed by atoms with Gasteiger partial charge in [0, 0.05) is 50.7 Å². The summed E-state index contributed by atoms with van der Waals surface area (Å²) in [6, 6.07) is 9.15. The molecule has 7 heteroatoms. The minimum Gasteiger partial charge on any atom is -0.487 e. The van der Waals surface area contributed by atoms with E-state index in [0.717, 1.165) is 11.3 Å². The molecule has 1 N–H and O–H groups in total. The van der Waals surface area contributed by atoms with Crippen molar-refractivity contribution in [2.75, 3.05) is 13.1 Å². The van der Waals surface area contributed by atoms with E-state index < -0.39 is 17.5 Å². The van der Waals surface area contributed by atoms with E-state index in [1.54, 1.807) is 15.6 Å². The average molecular weight is 369 g/mol. The van der Waals surface area contributed by atoms with Gasteiger partial charge in [0.05, 0.1) is 5.92 Å². The lowest BCUT2D eigenvalue weighted by Gasteiger charge is -2.46. The highest BCUT2D eigenvalue weighted by Gasteiger charge is 2.46. The Hall–Kier alpha value is -2.83. The molecule has 2 aliphatic rings. The van der Waals surface area contributed by atoms with Gasteiger partial charge in [0.1, 0.15) is 11.4 Å². The van der Waals surface area contributed by atoms with E-state index in [4.69, 9.17) is 4.74 Å². The molecule has 1 saturated heterocycles. The van der Waals surface area contributed by atoms with Crippen LogP contribution in [0.3, 0.4) is 0 Å². The summed E-state index contributed by atoms with van der Waals surface area (Å²) in [5.41, 5.74) is 1.58. The fraction of sp³-hybridized carbons (Fsp3) is 0.450. The highest BCUT2D eigenvalue weighted by Crippen LogP contribution is 2.45. The molecule has 27 heavy (non-hydrogen) atoms. The second-order valence-electron chi connectivity index (χ2n) is 7.50. The smallest absolute Gasteiger partial charge is 0.311 e. The molecule has 1 atom stereocenters. The molecule has 0 saturated carbocycles. The number of amides is 1. The van der Waals surface area contributed by atoms with Crippen LogP contribution in [0.4, 0.5) is 0 Å². The number of hydrogen-bond acceptors (Lipinski definition) is 4. The zero-order chi connectivity index (χ0) is 19.2. The molecule has 1 fully saturated rings. The van der Waals surface area contributed by atoms with Gasteiger partial charge in [-0.2, -0.15) is 5.10 Å². The monoisotopic (exact) mass is 369 g/mol. The number of nitrogens with zero attached hydrogens (tertiary/aromatic N) is 3. The highest BCUT2D eigenvalue weighted by molar-refractivity contribution is 5.92. The summed E-state index contributed by atoms with van der Waals surface area (Å²) in [6.45, 7) is 2.97. The van der Waals surface area contributed by atoms with Crippen molar-refractivity contribution >= 4 is 11.9 Å². The number of aryl methyl sites for hydroxylation is 2. The molecule has 0 radical (unpaired) electrons. The predicted molar refractivity (Wildman–Crippen MR) is 97.9 cm³/mol. The normalized spacial score (nSPS) is 20.8. The highest BCUT2D eigenvalue weighted by atomic mass is 16.5. The van der Waals surface area contributed by atoms with Gasteiger partial charge in [0.25, 0.3) is 5.91 Å². The van der Waals surface area contributed by atoms with Crippen molar-refractivity contribution in [1.82, 2.24) is 14.7 Å². The van der Waals surface area contributed by atoms with E-state index in [1.165, 1.54) is 0 Å². The van der Waals surface area contributed by atoms with E-state index in [2.05, 4.69) is 5.10 Å². The molecule has 1 amide bonds. The summed E-state index contributed by atoms with van der Waals surface area (Å²) < 4.78 is 7.97. The van der Waals surface area contributed by atoms with Crippen molar-refractivity contribution < 1.29 is 19.4 Å². The second-order valence-corrected chi connectivity index (χ2v) is 7.50. The number of piperidine rings is 1. The molecule has 3 heterocycles. The Kier molecular flexibility index (Phi) is 4.17. The maximum Gasteiger partial charge on any atom is 0.311 e. The van der Waals surface area contributed by atoms with Crippen LogP contribution in [0.2, 0.25) is 0 Å². The molecule has 1 unspecified atom stereocenters. The Balaban J connectivity index is 1.51. The molecule has 7 nitrogen and oxygen atoms in total. The summed E-state index contributed by atoms with van der Waals surface area (Å²) in [4.78, 5) is 26.3. The first kappa shape index (κ1) is 17.6. The van der Waals surface area contributed by atoms with Crippen molar-refractivity contribution in [3.63, 3.8) is 0 Å². The van der Waals surface area contributed by atoms with Gasteiger partial charge in [0.2, 0.25) is 0 Å². The molecule has 2 aromatic rings. The Bertz CT molecular complexity index is 877. The molecule has 2 aliphatic heterocycles. The van der Waals surface area contributed by atoms with E-state index in [1.807, 2.05) is 38.2 Å². The van der Waals surface area contributed by atoms with Crippen molar-refractivity contribution in [3.8, 4) is 5.75 Å². The Morgan fingerprint density at radius 1 is 1.26 bits per heavy atom. The summed E-state index contributed by atoms with van der Waals surface area (Å²) in [5.74, 6) is -0.834. The number of rotatable bonds is 2. The second kappa shape index (κ2) is 6.40. The number of likely N-dealkylation sites (tertiary alicyclic amines) is 1. The standard InChI is InChI=1S/C20H23N3O4/c1-13-11-16(21-22(13)2)18(24)23-9-7-20(8-10-23)12-15(19(25)26)14-5-3-4-6-17(14)27-20/h3-6,11,15H,7-10,12H2,1-2H3,(H,25,26). The van der Waals surface area contributed by atoms with Gasteiger partial charge in [-0.25, -0.2) is 0 Å². The van der Waals surface area contributed by atoms with Gasteiger partial charge in [-0.3, -0.25) is 14.3 Å². The molecule has 0 aliphatic carbocycles. The third-order valence-electron chi connectivity index (χ3n) is 5.79. The van der Waals surface area contributed by atoms with E-state index in [0.29, 0.717) is 43.8 Å². The van der Waals surface area contributed by atoms with Crippen molar-refractivity contribution in [1.29, 1.82) is 0 Å². The van der Waals surface area contributed by atoms with E-state index in [9.17, 15) is 14.7 Å². The van der Waals surface area contributed by atoms with Gasteiger partial charge in [0.15, 0.2) is 5.69 Å². The maximum absolute atomic E-state index is 12.7. The number of hydrogen-bond donors (Lipinski definition) is 1. The summed E-state index contributed by atoms with van der Waals surface area (Å²) in [7, 11) is 1.82. The van der Waals surface area contributed by atoms with Crippen LogP contribution >= 0.6 is 0 Å². The number of fused-ring (bicyclic) bond motifs is 1. The van der Waals surface area contributed by atoms with Crippen molar-refractivity contribution in [2.45, 2.75) is 37.7 Å². The number of carbonyl (C=O) groups is 2. The first-order valence-electron chi connectivity index (χ1n) is 9.19. The predicted octanol–water partition coefficient (Wildman–Crippen LogP) is 2.35. The Morgan fingerprint density at radius 3 is 2.59 bits per heavy atom. The topological polar surface area (TPSA) is 84.7 Å². The van der Waals surface area contributed by atoms with Crippen molar-refractivity contribution in [2.24, 2.45) is 7.05 Å². The first-order valence-corrected chi connectivity index (χ1v) is 9.19. The largest absolute Gasteiger partial charge is 0.487 e. The fourth-order valence-electron chi connectivity index (χ4n) is 4.09. The van der Waals surface area contributed by atoms with Gasteiger partial charge in [-0.1, -0.05) is 18.2 Å². The summed E-state index contributed by atoms with van der Waals surface area (Å²) in [6.07, 6.45) is 1.66. The van der Waals surface area contributed by atoms with Gasteiger partial charge in [-0.05, 0) is 19.1 Å². The number of aromatic nitrogens is 2. The lowest BCUT2D eigenvalue weighted by Crippen LogP contribution is -2.52. The molecular formula is C20H23N3O4. The van der Waals surface area contributed by atoms with Crippen LogP contribution < -0.4 is 4.74 Å². The zero-order valence-electron chi connectivity index (χ0n) is 15.5. The maximum atomic E-state index is 12.7. The minimum absolute atomic E-state index is 0.0838. The van der Waals surface area contributed by atoms with E-state index >= 15 is 0 Å². The lowest BCUT2D eigenvalue weighted by molar-refractivity contribution is -0.142. The molecular weight excluding hydrogens is 346 g/mol. The Labute approximate surface area is 157 Å². The number of para-hydroxylation sites is 1. The summed E-state index contributed by atoms with van der Waals surface area (Å²) >= 11 is 0. The van der Waals surface area contributed by atoms with Crippen LogP contribution in [0.5, 0.6) is 5.75 Å². The van der Waals surface area contributed by atoms with Crippen LogP contribution in [0.1, 0.15) is 46.9 Å². The number of carboxylic acid groups (broad SMARTS) is 1. The van der Waals surface area contributed by atoms with Crippen LogP contribution in [0.15, 0.2) is 30.3 Å². The quantitative estimate of drug-likeness (QED) is 0.878. The number of benzene rings is 1. The van der Waals surface area contributed by atoms with Gasteiger partial charge >= 0.3 is 5.97 Å². The minimum atomic E-state index is -0.826. The fourth-order valence-corrected chi connectivity index (χ4v) is 4.09. The molecule has 0 bridgehead atoms. The molecule has 142 valence electrons. The zero-order valence-corrected chi connectivity index (χ0v) is 15.5. The first-order chi connectivity index (χ1) is 12.9. The SMILES string of the molecule is Cc1cc(C(=O)N2CCC3(CC2)CC(C(=O)O)c2ccccc2O3)nn1C. The molecule has 1 aromatic heterocycles. The average Bonchev–Trinajstić information content (AvgIpc) is 3.00. The van der Waals surface area contributed by atoms with Gasteiger partial charge < -0.3 is 14.7 Å². The third kappa shape index (κ3) is 3.07. The van der Waals surface area contributed by atoms with Gasteiger partial charge in [-0.15, -0.1) is 0 Å². The molecule has 1 aromatic carbocycles. The van der Waals surface area contributed by atoms with E-state index in [-0.39, 0.29) is 5.91 Å². The summed E-state index contributed by atoms with van der Waals surface area (Å²) in [5, 5.41) is 14.0.